The summed E-state index contributed by atoms with van der Waals surface area (Å²) >= 11 is 0. The van der Waals surface area contributed by atoms with Gasteiger partial charge in [-0.25, -0.2) is 12.2 Å². The van der Waals surface area contributed by atoms with Gasteiger partial charge < -0.3 is 0 Å². The summed E-state index contributed by atoms with van der Waals surface area (Å²) in [6, 6.07) is 0. The summed E-state index contributed by atoms with van der Waals surface area (Å²) in [5, 5.41) is 0. The van der Waals surface area contributed by atoms with Crippen LogP contribution >= 0.6 is 0 Å². The molecule has 33 valence electrons. The van der Waals surface area contributed by atoms with Gasteiger partial charge in [-0.3, -0.25) is 6.08 Å². The van der Waals surface area contributed by atoms with Crippen LogP contribution < -0.4 is 0 Å². The van der Waals surface area contributed by atoms with E-state index in [9.17, 15) is 0 Å². The second-order valence-corrected chi connectivity index (χ2v) is 1.00. The molecule has 1 rings (SSSR count). The van der Waals surface area contributed by atoms with Gasteiger partial charge in [-0.1, -0.05) is 0 Å². The molecule has 0 spiro atoms. The van der Waals surface area contributed by atoms with Gasteiger partial charge in [-0.2, -0.15) is 6.08 Å². The van der Waals surface area contributed by atoms with Crippen LogP contribution in [0.2, 0.25) is 0 Å². The smallest absolute Gasteiger partial charge is 0.273 e. The zero-order valence-electron chi connectivity index (χ0n) is 3.29. The van der Waals surface area contributed by atoms with Crippen molar-refractivity contribution in [3.8, 4) is 0 Å². The summed E-state index contributed by atoms with van der Waals surface area (Å²) in [7, 11) is 0. The average molecular weight is 166 g/mol. The summed E-state index contributed by atoms with van der Waals surface area (Å²) in [6.07, 6.45) is 10.0. The van der Waals surface area contributed by atoms with E-state index >= 15 is 0 Å². The van der Waals surface area contributed by atoms with Crippen LogP contribution in [0.5, 0.6) is 0 Å². The van der Waals surface area contributed by atoms with Crippen molar-refractivity contribution in [2.75, 3.05) is 0 Å². The second kappa shape index (κ2) is 3.30. The van der Waals surface area contributed by atoms with Crippen LogP contribution in [0.4, 0.5) is 0 Å². The van der Waals surface area contributed by atoms with Crippen molar-refractivity contribution in [1.29, 1.82) is 0 Å². The third-order valence-electron chi connectivity index (χ3n) is 0.586. The quantitative estimate of drug-likeness (QED) is 0.376. The first-order valence-electron chi connectivity index (χ1n) is 1.72. The van der Waals surface area contributed by atoms with Gasteiger partial charge in [0.05, 0.1) is 0 Å². The molecule has 1 aliphatic rings. The zero-order valence-corrected chi connectivity index (χ0v) is 5.03. The van der Waals surface area contributed by atoms with Gasteiger partial charge in [0.2, 0.25) is 0 Å². The van der Waals surface area contributed by atoms with Crippen LogP contribution in [0, 0.1) is 6.08 Å². The molecule has 0 fully saturated rings. The Morgan fingerprint density at radius 2 is 2.33 bits per heavy atom. The molecule has 0 atom stereocenters. The molecule has 0 heterocycles. The predicted octanol–water partition coefficient (Wildman–Crippen LogP) is 1.30. The molecule has 0 aromatic rings. The molecule has 0 aromatic carbocycles. The largest absolute Gasteiger partial charge is 1.00 e. The van der Waals surface area contributed by atoms with Crippen molar-refractivity contribution < 1.29 is 19.5 Å². The Morgan fingerprint density at radius 3 is 2.50 bits per heavy atom. The van der Waals surface area contributed by atoms with Crippen molar-refractivity contribution in [2.45, 2.75) is 6.42 Å². The van der Waals surface area contributed by atoms with E-state index in [1.807, 2.05) is 12.2 Å². The van der Waals surface area contributed by atoms with Crippen molar-refractivity contribution in [3.05, 3.63) is 24.3 Å². The normalized spacial score (nSPS) is 14.7. The molecule has 0 bridgehead atoms. The van der Waals surface area contributed by atoms with Crippen LogP contribution in [-0.2, 0) is 19.5 Å². The fourth-order valence-corrected chi connectivity index (χ4v) is 0.340. The maximum Gasteiger partial charge on any atom is 1.00 e. The van der Waals surface area contributed by atoms with Crippen molar-refractivity contribution in [1.82, 2.24) is 0 Å². The molecule has 0 aromatic heterocycles. The topological polar surface area (TPSA) is 0 Å². The van der Waals surface area contributed by atoms with Crippen molar-refractivity contribution >= 4 is 0 Å². The van der Waals surface area contributed by atoms with Gasteiger partial charge in [0, 0.05) is 0 Å². The van der Waals surface area contributed by atoms with Crippen LogP contribution in [0.1, 0.15) is 6.42 Å². The van der Waals surface area contributed by atoms with Crippen LogP contribution in [0.3, 0.4) is 0 Å². The molecule has 0 saturated heterocycles. The van der Waals surface area contributed by atoms with E-state index in [1.165, 1.54) is 0 Å². The van der Waals surface area contributed by atoms with Crippen LogP contribution in [-0.4, -0.2) is 0 Å². The minimum absolute atomic E-state index is 0. The maximum atomic E-state index is 2.99. The Kier molecular flexibility index (Phi) is 3.36. The first-order chi connectivity index (χ1) is 2.50. The average Bonchev–Trinajstić information content (AvgIpc) is 1.76. The number of hydrogen-bond donors (Lipinski definition) is 0. The van der Waals surface area contributed by atoms with Gasteiger partial charge in [-0.15, -0.1) is 6.42 Å². The molecular formula is C5H5Ru. The summed E-state index contributed by atoms with van der Waals surface area (Å²) in [5.41, 5.74) is 0. The zero-order chi connectivity index (χ0) is 3.54. The van der Waals surface area contributed by atoms with Gasteiger partial charge in [-0.05, 0) is 0 Å². The fraction of sp³-hybridized carbons (Fsp3) is 0.200. The second-order valence-electron chi connectivity index (χ2n) is 1.00. The number of allylic oxidation sites excluding steroid dienone is 4. The molecule has 0 saturated carbocycles. The van der Waals surface area contributed by atoms with Crippen LogP contribution in [0.15, 0.2) is 18.2 Å². The maximum absolute atomic E-state index is 2.99. The van der Waals surface area contributed by atoms with E-state index < -0.39 is 0 Å². The Bertz CT molecular complexity index is 62.0. The third kappa shape index (κ3) is 1.52. The molecule has 0 aliphatic heterocycles. The first kappa shape index (κ1) is 6.10. The Morgan fingerprint density at radius 1 is 1.50 bits per heavy atom. The number of hydrogen-bond acceptors (Lipinski definition) is 0. The van der Waals surface area contributed by atoms with Gasteiger partial charge in [0.15, 0.2) is 0 Å². The minimum Gasteiger partial charge on any atom is -0.273 e. The Labute approximate surface area is 50.7 Å². The Balaban J connectivity index is 0.000000250. The van der Waals surface area contributed by atoms with E-state index in [0.717, 1.165) is 6.42 Å². The van der Waals surface area contributed by atoms with E-state index in [4.69, 9.17) is 0 Å². The van der Waals surface area contributed by atoms with Crippen LogP contribution in [0.25, 0.3) is 0 Å². The molecular weight excluding hydrogens is 161 g/mol. The van der Waals surface area contributed by atoms with Crippen molar-refractivity contribution in [3.63, 3.8) is 0 Å². The summed E-state index contributed by atoms with van der Waals surface area (Å²) < 4.78 is 0. The third-order valence-corrected chi connectivity index (χ3v) is 0.586. The standard InChI is InChI=1S/C5H5.Ru/c1-2-4-5-3-1;/h1-3H,4H2;/q-1;+1. The minimum atomic E-state index is 0. The molecule has 1 heteroatoms. The number of rotatable bonds is 0. The molecule has 0 unspecified atom stereocenters. The Hall–Kier alpha value is 0.103. The first-order valence-corrected chi connectivity index (χ1v) is 1.72. The summed E-state index contributed by atoms with van der Waals surface area (Å²) in [5.74, 6) is 0. The van der Waals surface area contributed by atoms with E-state index in [-0.39, 0.29) is 19.5 Å². The van der Waals surface area contributed by atoms with Gasteiger partial charge >= 0.3 is 19.5 Å². The molecule has 6 heavy (non-hydrogen) atoms. The predicted molar refractivity (Wildman–Crippen MR) is 21.6 cm³/mol. The summed E-state index contributed by atoms with van der Waals surface area (Å²) in [4.78, 5) is 0. The van der Waals surface area contributed by atoms with E-state index in [0.29, 0.717) is 0 Å². The molecule has 0 N–H and O–H groups in total. The van der Waals surface area contributed by atoms with E-state index in [2.05, 4.69) is 12.2 Å². The molecule has 0 amide bonds. The summed E-state index contributed by atoms with van der Waals surface area (Å²) in [6.45, 7) is 0. The van der Waals surface area contributed by atoms with Crippen molar-refractivity contribution in [2.24, 2.45) is 0 Å². The fourth-order valence-electron chi connectivity index (χ4n) is 0.340. The SMILES string of the molecule is [C-]1=CC=CC1.[Ru+]. The molecule has 1 aliphatic carbocycles. The monoisotopic (exact) mass is 167 g/mol. The van der Waals surface area contributed by atoms with Gasteiger partial charge in [0.25, 0.3) is 0 Å². The van der Waals surface area contributed by atoms with Gasteiger partial charge in [0.1, 0.15) is 0 Å². The van der Waals surface area contributed by atoms with E-state index in [1.54, 1.807) is 0 Å². The molecule has 1 radical (unpaired) electrons. The molecule has 0 nitrogen and oxygen atoms in total.